The molecule has 0 amide bonds. The molecule has 2 heterocycles. The van der Waals surface area contributed by atoms with Crippen molar-refractivity contribution in [2.75, 3.05) is 0 Å². The molecule has 176 valence electrons. The average molecular weight is 468 g/mol. The second-order valence-corrected chi connectivity index (χ2v) is 8.39. The van der Waals surface area contributed by atoms with E-state index in [4.69, 9.17) is 0 Å². The minimum Gasteiger partial charge on any atom is -0.478 e. The number of hydrogen-bond donors (Lipinski definition) is 3. The molecule has 0 spiro atoms. The second kappa shape index (κ2) is 9.52. The number of aryl methyl sites for hydroxylation is 1. The fraction of sp³-hybridized carbons (Fsp3) is 0.185. The van der Waals surface area contributed by atoms with E-state index in [1.54, 1.807) is 6.07 Å². The number of aromatic amines is 1. The standard InChI is InChI=1S/C27H25N5O3/c1-2-3-16-32-22-11-7-6-10-21(22)23(27(34)35)24(32)25(33)18-14-12-17(13-15-18)19-8-4-5-9-20(19)26-28-30-31-29-26/h4-15,25,33H,2-3,16H2,1H3,(H,34,35)(H,28,29,30,31). The molecule has 5 aromatic rings. The van der Waals surface area contributed by atoms with Crippen molar-refractivity contribution in [1.82, 2.24) is 25.2 Å². The highest BCUT2D eigenvalue weighted by molar-refractivity contribution is 6.05. The van der Waals surface area contributed by atoms with Gasteiger partial charge in [-0.15, -0.1) is 10.2 Å². The number of aliphatic hydroxyl groups is 1. The predicted molar refractivity (Wildman–Crippen MR) is 133 cm³/mol. The van der Waals surface area contributed by atoms with Crippen molar-refractivity contribution in [3.63, 3.8) is 0 Å². The predicted octanol–water partition coefficient (Wildman–Crippen LogP) is 5.07. The number of aromatic carboxylic acids is 1. The summed E-state index contributed by atoms with van der Waals surface area (Å²) in [5.74, 6) is -0.549. The fourth-order valence-corrected chi connectivity index (χ4v) is 4.60. The molecule has 3 N–H and O–H groups in total. The number of benzene rings is 3. The van der Waals surface area contributed by atoms with Crippen LogP contribution in [0.1, 0.15) is 47.5 Å². The Morgan fingerprint density at radius 3 is 2.40 bits per heavy atom. The van der Waals surface area contributed by atoms with Gasteiger partial charge in [0.25, 0.3) is 0 Å². The lowest BCUT2D eigenvalue weighted by molar-refractivity contribution is 0.0692. The number of nitrogens with zero attached hydrogens (tertiary/aromatic N) is 4. The van der Waals surface area contributed by atoms with Crippen LogP contribution < -0.4 is 0 Å². The van der Waals surface area contributed by atoms with Crippen LogP contribution in [0.3, 0.4) is 0 Å². The maximum atomic E-state index is 12.3. The number of aliphatic hydroxyl groups excluding tert-OH is 1. The van der Waals surface area contributed by atoms with Crippen LogP contribution in [0.5, 0.6) is 0 Å². The van der Waals surface area contributed by atoms with Gasteiger partial charge in [0.05, 0.1) is 11.3 Å². The largest absolute Gasteiger partial charge is 0.478 e. The van der Waals surface area contributed by atoms with Crippen LogP contribution in [0.4, 0.5) is 0 Å². The summed E-state index contributed by atoms with van der Waals surface area (Å²) in [6.07, 6.45) is 0.745. The molecule has 0 aliphatic carbocycles. The first kappa shape index (κ1) is 22.5. The van der Waals surface area contributed by atoms with Crippen LogP contribution in [-0.4, -0.2) is 41.4 Å². The van der Waals surface area contributed by atoms with Crippen LogP contribution in [0.15, 0.2) is 72.8 Å². The second-order valence-electron chi connectivity index (χ2n) is 8.39. The number of rotatable bonds is 8. The lowest BCUT2D eigenvalue weighted by Gasteiger charge is -2.18. The third-order valence-corrected chi connectivity index (χ3v) is 6.27. The van der Waals surface area contributed by atoms with E-state index >= 15 is 0 Å². The number of H-pyrrole nitrogens is 1. The summed E-state index contributed by atoms with van der Waals surface area (Å²) in [4.78, 5) is 12.3. The van der Waals surface area contributed by atoms with E-state index in [0.717, 1.165) is 35.0 Å². The number of para-hydroxylation sites is 1. The molecule has 0 saturated carbocycles. The maximum Gasteiger partial charge on any atom is 0.338 e. The zero-order chi connectivity index (χ0) is 24.4. The van der Waals surface area contributed by atoms with Crippen LogP contribution in [0, 0.1) is 0 Å². The molecule has 0 fully saturated rings. The lowest BCUT2D eigenvalue weighted by atomic mass is 9.96. The van der Waals surface area contributed by atoms with E-state index in [9.17, 15) is 15.0 Å². The first-order valence-corrected chi connectivity index (χ1v) is 11.6. The van der Waals surface area contributed by atoms with Crippen molar-refractivity contribution in [3.8, 4) is 22.5 Å². The Bertz CT molecular complexity index is 1470. The van der Waals surface area contributed by atoms with Crippen LogP contribution in [-0.2, 0) is 6.54 Å². The van der Waals surface area contributed by atoms with Crippen molar-refractivity contribution in [3.05, 3.63) is 89.6 Å². The summed E-state index contributed by atoms with van der Waals surface area (Å²) in [6.45, 7) is 2.72. The summed E-state index contributed by atoms with van der Waals surface area (Å²) in [6, 6.07) is 22.7. The number of unbranched alkanes of at least 4 members (excludes halogenated alkanes) is 1. The van der Waals surface area contributed by atoms with E-state index in [1.165, 1.54) is 0 Å². The fourth-order valence-electron chi connectivity index (χ4n) is 4.60. The van der Waals surface area contributed by atoms with Crippen LogP contribution >= 0.6 is 0 Å². The summed E-state index contributed by atoms with van der Waals surface area (Å²) < 4.78 is 1.95. The van der Waals surface area contributed by atoms with Gasteiger partial charge in [-0.05, 0) is 34.4 Å². The third kappa shape index (κ3) is 4.08. The zero-order valence-corrected chi connectivity index (χ0v) is 19.2. The molecule has 0 aliphatic heterocycles. The van der Waals surface area contributed by atoms with Gasteiger partial charge < -0.3 is 14.8 Å². The van der Waals surface area contributed by atoms with Crippen LogP contribution in [0.25, 0.3) is 33.4 Å². The Balaban J connectivity index is 1.58. The highest BCUT2D eigenvalue weighted by Gasteiger charge is 2.27. The maximum absolute atomic E-state index is 12.3. The summed E-state index contributed by atoms with van der Waals surface area (Å²) in [5, 5.41) is 36.5. The van der Waals surface area contributed by atoms with Gasteiger partial charge in [0.15, 0.2) is 0 Å². The highest BCUT2D eigenvalue weighted by atomic mass is 16.4. The van der Waals surface area contributed by atoms with Crippen molar-refractivity contribution < 1.29 is 15.0 Å². The normalized spacial score (nSPS) is 12.2. The minimum atomic E-state index is -1.09. The molecule has 0 aliphatic rings. The molecule has 35 heavy (non-hydrogen) atoms. The van der Waals surface area contributed by atoms with Crippen molar-refractivity contribution in [1.29, 1.82) is 0 Å². The molecule has 2 aromatic heterocycles. The van der Waals surface area contributed by atoms with Gasteiger partial charge in [0.2, 0.25) is 5.82 Å². The van der Waals surface area contributed by atoms with E-state index in [2.05, 4.69) is 27.5 Å². The number of carboxylic acids is 1. The first-order chi connectivity index (χ1) is 17.1. The summed E-state index contributed by atoms with van der Waals surface area (Å²) in [5.41, 5.74) is 4.68. The molecule has 8 nitrogen and oxygen atoms in total. The van der Waals surface area contributed by atoms with E-state index in [1.807, 2.05) is 71.3 Å². The Hall–Kier alpha value is -4.30. The number of carboxylic acid groups (broad SMARTS) is 1. The van der Waals surface area contributed by atoms with Gasteiger partial charge in [-0.3, -0.25) is 0 Å². The molecule has 1 unspecified atom stereocenters. The first-order valence-electron chi connectivity index (χ1n) is 11.6. The molecule has 3 aromatic carbocycles. The Kier molecular flexibility index (Phi) is 6.12. The number of tetrazole rings is 1. The molecule has 0 saturated heterocycles. The van der Waals surface area contributed by atoms with Crippen molar-refractivity contribution in [2.24, 2.45) is 0 Å². The topological polar surface area (TPSA) is 117 Å². The molecular formula is C27H25N5O3. The van der Waals surface area contributed by atoms with E-state index < -0.39 is 12.1 Å². The Morgan fingerprint density at radius 1 is 1.00 bits per heavy atom. The van der Waals surface area contributed by atoms with Gasteiger partial charge in [0, 0.05) is 23.0 Å². The van der Waals surface area contributed by atoms with Gasteiger partial charge in [-0.25, -0.2) is 4.79 Å². The number of nitrogens with one attached hydrogen (secondary N) is 1. The quantitative estimate of drug-likeness (QED) is 0.293. The molecule has 8 heteroatoms. The Labute approximate surface area is 201 Å². The smallest absolute Gasteiger partial charge is 0.338 e. The van der Waals surface area contributed by atoms with Gasteiger partial charge in [0.1, 0.15) is 6.10 Å². The number of fused-ring (bicyclic) bond motifs is 1. The zero-order valence-electron chi connectivity index (χ0n) is 19.2. The van der Waals surface area contributed by atoms with Gasteiger partial charge >= 0.3 is 5.97 Å². The molecule has 5 rings (SSSR count). The SMILES string of the molecule is CCCCn1c(C(O)c2ccc(-c3ccccc3-c3nn[nH]n3)cc2)c(C(=O)O)c2ccccc21. The number of carbonyl (C=O) groups is 1. The van der Waals surface area contributed by atoms with Crippen molar-refractivity contribution in [2.45, 2.75) is 32.4 Å². The summed E-state index contributed by atoms with van der Waals surface area (Å²) in [7, 11) is 0. The summed E-state index contributed by atoms with van der Waals surface area (Å²) >= 11 is 0. The average Bonchev–Trinajstić information content (AvgIpc) is 3.54. The number of hydrogen-bond acceptors (Lipinski definition) is 5. The van der Waals surface area contributed by atoms with Crippen molar-refractivity contribution >= 4 is 16.9 Å². The van der Waals surface area contributed by atoms with Gasteiger partial charge in [-0.2, -0.15) is 5.21 Å². The Morgan fingerprint density at radius 2 is 1.71 bits per heavy atom. The molecular weight excluding hydrogens is 442 g/mol. The highest BCUT2D eigenvalue weighted by Crippen LogP contribution is 2.36. The monoisotopic (exact) mass is 467 g/mol. The third-order valence-electron chi connectivity index (χ3n) is 6.27. The van der Waals surface area contributed by atoms with Gasteiger partial charge in [-0.1, -0.05) is 80.1 Å². The molecule has 1 atom stereocenters. The molecule has 0 radical (unpaired) electrons. The van der Waals surface area contributed by atoms with Crippen LogP contribution in [0.2, 0.25) is 0 Å². The number of aromatic nitrogens is 5. The molecule has 0 bridgehead atoms. The lowest BCUT2D eigenvalue weighted by Crippen LogP contribution is -2.13. The van der Waals surface area contributed by atoms with E-state index in [0.29, 0.717) is 29.0 Å². The minimum absolute atomic E-state index is 0.149. The van der Waals surface area contributed by atoms with E-state index in [-0.39, 0.29) is 5.56 Å².